The van der Waals surface area contributed by atoms with Gasteiger partial charge in [-0.2, -0.15) is 10.5 Å². The molecule has 1 unspecified atom stereocenters. The highest BCUT2D eigenvalue weighted by molar-refractivity contribution is 4.90. The molecule has 1 saturated heterocycles. The summed E-state index contributed by atoms with van der Waals surface area (Å²) >= 11 is 0. The Labute approximate surface area is 91.7 Å². The molecule has 0 spiro atoms. The topological polar surface area (TPSA) is 54.1 Å². The van der Waals surface area contributed by atoms with Crippen molar-refractivity contribution >= 4 is 0 Å². The third-order valence-electron chi connectivity index (χ3n) is 2.90. The van der Waals surface area contributed by atoms with Crippen molar-refractivity contribution in [3.8, 4) is 12.1 Å². The predicted molar refractivity (Wildman–Crippen MR) is 57.9 cm³/mol. The van der Waals surface area contributed by atoms with E-state index in [4.69, 9.17) is 10.5 Å². The van der Waals surface area contributed by atoms with E-state index < -0.39 is 0 Å². The van der Waals surface area contributed by atoms with Gasteiger partial charge >= 0.3 is 0 Å². The van der Waals surface area contributed by atoms with Gasteiger partial charge in [-0.1, -0.05) is 0 Å². The van der Waals surface area contributed by atoms with E-state index in [-0.39, 0.29) is 6.04 Å². The summed E-state index contributed by atoms with van der Waals surface area (Å²) < 4.78 is 0. The van der Waals surface area contributed by atoms with Crippen molar-refractivity contribution in [2.45, 2.75) is 25.8 Å². The Balaban J connectivity index is 2.19. The lowest BCUT2D eigenvalue weighted by Gasteiger charge is -2.35. The molecule has 0 saturated carbocycles. The molecule has 0 aliphatic carbocycles. The van der Waals surface area contributed by atoms with Crippen LogP contribution < -0.4 is 0 Å². The third kappa shape index (κ3) is 3.87. The van der Waals surface area contributed by atoms with Crippen LogP contribution in [0.2, 0.25) is 0 Å². The van der Waals surface area contributed by atoms with Crippen molar-refractivity contribution in [1.82, 2.24) is 9.80 Å². The van der Waals surface area contributed by atoms with Gasteiger partial charge in [0, 0.05) is 32.6 Å². The van der Waals surface area contributed by atoms with Crippen LogP contribution >= 0.6 is 0 Å². The fourth-order valence-corrected chi connectivity index (χ4v) is 1.84. The van der Waals surface area contributed by atoms with Gasteiger partial charge in [-0.3, -0.25) is 4.90 Å². The molecule has 0 radical (unpaired) electrons. The maximum Gasteiger partial charge on any atom is 0.0950 e. The summed E-state index contributed by atoms with van der Waals surface area (Å²) in [6, 6.07) is 4.46. The predicted octanol–water partition coefficient (Wildman–Crippen LogP) is 0.820. The Kier molecular flexibility index (Phi) is 5.10. The van der Waals surface area contributed by atoms with E-state index in [1.165, 1.54) is 0 Å². The smallest absolute Gasteiger partial charge is 0.0950 e. The van der Waals surface area contributed by atoms with E-state index in [0.29, 0.717) is 6.42 Å². The van der Waals surface area contributed by atoms with Gasteiger partial charge in [0.15, 0.2) is 0 Å². The molecule has 1 aliphatic rings. The van der Waals surface area contributed by atoms with Crippen LogP contribution in [-0.2, 0) is 0 Å². The van der Waals surface area contributed by atoms with Crippen LogP contribution in [0.5, 0.6) is 0 Å². The van der Waals surface area contributed by atoms with Crippen molar-refractivity contribution in [2.75, 3.05) is 32.7 Å². The standard InChI is InChI=1S/C11H18N4/c1-11(10-13)15-8-6-14(7-9-15)5-3-2-4-12/h11H,2-3,5-9H2,1H3. The maximum atomic E-state index is 8.78. The first-order chi connectivity index (χ1) is 7.27. The number of nitriles is 2. The molecule has 15 heavy (non-hydrogen) atoms. The molecule has 4 nitrogen and oxygen atoms in total. The molecule has 0 amide bonds. The Morgan fingerprint density at radius 3 is 2.40 bits per heavy atom. The van der Waals surface area contributed by atoms with Crippen LogP contribution in [0.4, 0.5) is 0 Å². The first kappa shape index (κ1) is 12.0. The lowest BCUT2D eigenvalue weighted by Crippen LogP contribution is -2.49. The van der Waals surface area contributed by atoms with Gasteiger partial charge in [0.1, 0.15) is 0 Å². The van der Waals surface area contributed by atoms with Crippen LogP contribution in [-0.4, -0.2) is 48.6 Å². The number of rotatable bonds is 4. The van der Waals surface area contributed by atoms with Crippen LogP contribution in [0.3, 0.4) is 0 Å². The monoisotopic (exact) mass is 206 g/mol. The Hall–Kier alpha value is -1.10. The summed E-state index contributed by atoms with van der Waals surface area (Å²) in [6.45, 7) is 6.96. The van der Waals surface area contributed by atoms with E-state index in [0.717, 1.165) is 39.1 Å². The Bertz CT molecular complexity index is 255. The molecule has 1 aliphatic heterocycles. The second-order valence-corrected chi connectivity index (χ2v) is 3.94. The zero-order valence-electron chi connectivity index (χ0n) is 9.32. The zero-order valence-corrected chi connectivity index (χ0v) is 9.32. The van der Waals surface area contributed by atoms with Crippen LogP contribution in [0.1, 0.15) is 19.8 Å². The summed E-state index contributed by atoms with van der Waals surface area (Å²) in [4.78, 5) is 4.58. The number of hydrogen-bond acceptors (Lipinski definition) is 4. The van der Waals surface area contributed by atoms with Crippen LogP contribution in [0.25, 0.3) is 0 Å². The normalized spacial score (nSPS) is 20.5. The van der Waals surface area contributed by atoms with E-state index in [1.807, 2.05) is 6.92 Å². The van der Waals surface area contributed by atoms with E-state index in [1.54, 1.807) is 0 Å². The van der Waals surface area contributed by atoms with Gasteiger partial charge in [-0.15, -0.1) is 0 Å². The second-order valence-electron chi connectivity index (χ2n) is 3.94. The lowest BCUT2D eigenvalue weighted by atomic mass is 10.2. The van der Waals surface area contributed by atoms with Gasteiger partial charge in [0.25, 0.3) is 0 Å². The zero-order chi connectivity index (χ0) is 11.1. The summed E-state index contributed by atoms with van der Waals surface area (Å²) in [6.07, 6.45) is 1.61. The number of nitrogens with zero attached hydrogens (tertiary/aromatic N) is 4. The highest BCUT2D eigenvalue weighted by Crippen LogP contribution is 2.06. The van der Waals surface area contributed by atoms with Gasteiger partial charge < -0.3 is 4.90 Å². The van der Waals surface area contributed by atoms with E-state index >= 15 is 0 Å². The molecular formula is C11H18N4. The fourth-order valence-electron chi connectivity index (χ4n) is 1.84. The fraction of sp³-hybridized carbons (Fsp3) is 0.818. The van der Waals surface area contributed by atoms with Crippen molar-refractivity contribution in [3.05, 3.63) is 0 Å². The first-order valence-corrected chi connectivity index (χ1v) is 5.51. The van der Waals surface area contributed by atoms with E-state index in [9.17, 15) is 0 Å². The summed E-state index contributed by atoms with van der Waals surface area (Å²) in [5, 5.41) is 17.2. The Morgan fingerprint density at radius 2 is 1.87 bits per heavy atom. The minimum Gasteiger partial charge on any atom is -0.301 e. The van der Waals surface area contributed by atoms with Gasteiger partial charge in [0.2, 0.25) is 0 Å². The number of piperazine rings is 1. The van der Waals surface area contributed by atoms with Crippen LogP contribution in [0.15, 0.2) is 0 Å². The molecule has 0 N–H and O–H groups in total. The van der Waals surface area contributed by atoms with E-state index in [2.05, 4.69) is 21.9 Å². The van der Waals surface area contributed by atoms with Gasteiger partial charge in [-0.05, 0) is 19.9 Å². The largest absolute Gasteiger partial charge is 0.301 e. The molecule has 1 rings (SSSR count). The van der Waals surface area contributed by atoms with Crippen molar-refractivity contribution < 1.29 is 0 Å². The van der Waals surface area contributed by atoms with Gasteiger partial charge in [-0.25, -0.2) is 0 Å². The highest BCUT2D eigenvalue weighted by Gasteiger charge is 2.19. The summed E-state index contributed by atoms with van der Waals surface area (Å²) in [5.41, 5.74) is 0. The quantitative estimate of drug-likeness (QED) is 0.639. The molecule has 1 fully saturated rings. The molecule has 0 bridgehead atoms. The molecule has 1 atom stereocenters. The maximum absolute atomic E-state index is 8.78. The molecule has 0 aromatic carbocycles. The number of hydrogen-bond donors (Lipinski definition) is 0. The van der Waals surface area contributed by atoms with Crippen molar-refractivity contribution in [2.24, 2.45) is 0 Å². The molecule has 4 heteroatoms. The molecule has 1 heterocycles. The average Bonchev–Trinajstić information content (AvgIpc) is 2.29. The van der Waals surface area contributed by atoms with Crippen molar-refractivity contribution in [3.63, 3.8) is 0 Å². The number of unbranched alkanes of at least 4 members (excludes halogenated alkanes) is 1. The molecule has 82 valence electrons. The molecular weight excluding hydrogens is 188 g/mol. The van der Waals surface area contributed by atoms with Crippen molar-refractivity contribution in [1.29, 1.82) is 10.5 Å². The molecule has 0 aromatic heterocycles. The summed E-state index contributed by atoms with van der Waals surface area (Å²) in [5.74, 6) is 0. The third-order valence-corrected chi connectivity index (χ3v) is 2.90. The molecule has 0 aromatic rings. The van der Waals surface area contributed by atoms with Gasteiger partial charge in [0.05, 0.1) is 18.2 Å². The minimum atomic E-state index is 0.0336. The lowest BCUT2D eigenvalue weighted by molar-refractivity contribution is 0.119. The SMILES string of the molecule is CC(C#N)N1CCN(CCCC#N)CC1. The average molecular weight is 206 g/mol. The summed E-state index contributed by atoms with van der Waals surface area (Å²) in [7, 11) is 0. The minimum absolute atomic E-state index is 0.0336. The van der Waals surface area contributed by atoms with Crippen LogP contribution in [0, 0.1) is 22.7 Å². The highest BCUT2D eigenvalue weighted by atomic mass is 15.3. The second kappa shape index (κ2) is 6.40. The first-order valence-electron chi connectivity index (χ1n) is 5.51. The Morgan fingerprint density at radius 1 is 1.20 bits per heavy atom.